The highest BCUT2D eigenvalue weighted by atomic mass is 127. The van der Waals surface area contributed by atoms with E-state index in [0.29, 0.717) is 3.57 Å². The van der Waals surface area contributed by atoms with Crippen molar-refractivity contribution in [2.45, 2.75) is 6.36 Å². The zero-order chi connectivity index (χ0) is 19.6. The lowest BCUT2D eigenvalue weighted by Crippen LogP contribution is -2.17. The van der Waals surface area contributed by atoms with Crippen LogP contribution in [-0.2, 0) is 0 Å². The van der Waals surface area contributed by atoms with E-state index in [1.54, 1.807) is 19.0 Å². The Bertz CT molecular complexity index is 882. The number of ether oxygens (including phenoxy) is 1. The van der Waals surface area contributed by atoms with Crippen LogP contribution in [0.4, 0.5) is 19.0 Å². The van der Waals surface area contributed by atoms with E-state index in [-0.39, 0.29) is 27.2 Å². The van der Waals surface area contributed by atoms with Crippen molar-refractivity contribution in [2.24, 2.45) is 4.99 Å². The number of halogens is 6. The number of aromatic nitrogens is 2. The van der Waals surface area contributed by atoms with Gasteiger partial charge in [-0.15, -0.1) is 13.2 Å². The van der Waals surface area contributed by atoms with Gasteiger partial charge in [0.1, 0.15) is 17.5 Å². The average molecular weight is 518 g/mol. The molecule has 0 radical (unpaired) electrons. The highest BCUT2D eigenvalue weighted by molar-refractivity contribution is 14.1. The fourth-order valence-corrected chi connectivity index (χ4v) is 3.06. The van der Waals surface area contributed by atoms with Gasteiger partial charge in [-0.1, -0.05) is 23.2 Å². The molecule has 2 rings (SSSR count). The Morgan fingerprint density at radius 2 is 1.92 bits per heavy atom. The topological polar surface area (TPSA) is 66.4 Å². The Labute approximate surface area is 169 Å². The summed E-state index contributed by atoms with van der Waals surface area (Å²) in [6, 6.07) is 3.82. The molecule has 0 spiro atoms. The quantitative estimate of drug-likeness (QED) is 0.333. The summed E-state index contributed by atoms with van der Waals surface area (Å²) in [4.78, 5) is 5.88. The van der Waals surface area contributed by atoms with Crippen LogP contribution in [0, 0.1) is 14.9 Å². The first kappa shape index (κ1) is 20.6. The lowest BCUT2D eigenvalue weighted by molar-refractivity contribution is -0.274. The van der Waals surface area contributed by atoms with Crippen molar-refractivity contribution < 1.29 is 17.9 Å². The van der Waals surface area contributed by atoms with Gasteiger partial charge >= 0.3 is 6.36 Å². The number of hydrogen-bond donors (Lipinski definition) is 0. The SMILES string of the molecule is CN(C)/C=N\c1c(I)c(C#N)nn1-c1c(Cl)cc(OC(F)(F)F)cc1Cl. The predicted octanol–water partition coefficient (Wildman–Crippen LogP) is 4.78. The van der Waals surface area contributed by atoms with Gasteiger partial charge in [0.2, 0.25) is 0 Å². The van der Waals surface area contributed by atoms with Crippen molar-refractivity contribution in [1.29, 1.82) is 5.26 Å². The van der Waals surface area contributed by atoms with Crippen LogP contribution in [-0.4, -0.2) is 41.5 Å². The molecule has 2 aromatic rings. The maximum Gasteiger partial charge on any atom is 0.573 e. The van der Waals surface area contributed by atoms with Crippen LogP contribution in [0.25, 0.3) is 5.69 Å². The molecule has 0 aliphatic rings. The molecule has 26 heavy (non-hydrogen) atoms. The molecule has 0 aliphatic carbocycles. The smallest absolute Gasteiger partial charge is 0.406 e. The van der Waals surface area contributed by atoms with Crippen LogP contribution in [0.1, 0.15) is 5.69 Å². The van der Waals surface area contributed by atoms with Gasteiger partial charge in [-0.2, -0.15) is 10.4 Å². The van der Waals surface area contributed by atoms with Gasteiger partial charge in [0.05, 0.1) is 20.0 Å². The van der Waals surface area contributed by atoms with E-state index >= 15 is 0 Å². The maximum absolute atomic E-state index is 12.4. The molecule has 1 aromatic carbocycles. The second-order valence-corrected chi connectivity index (χ2v) is 6.89. The summed E-state index contributed by atoms with van der Waals surface area (Å²) in [6.07, 6.45) is -3.41. The largest absolute Gasteiger partial charge is 0.573 e. The van der Waals surface area contributed by atoms with Gasteiger partial charge in [-0.3, -0.25) is 0 Å². The Kier molecular flexibility index (Phi) is 6.25. The Balaban J connectivity index is 2.63. The first-order valence-electron chi connectivity index (χ1n) is 6.68. The van der Waals surface area contributed by atoms with Crippen LogP contribution < -0.4 is 4.74 Å². The third-order valence-electron chi connectivity index (χ3n) is 2.76. The second-order valence-electron chi connectivity index (χ2n) is 5.00. The Morgan fingerprint density at radius 3 is 2.38 bits per heavy atom. The van der Waals surface area contributed by atoms with Crippen molar-refractivity contribution in [2.75, 3.05) is 14.1 Å². The molecule has 0 unspecified atom stereocenters. The monoisotopic (exact) mass is 517 g/mol. The number of nitrogens with zero attached hydrogens (tertiary/aromatic N) is 5. The summed E-state index contributed by atoms with van der Waals surface area (Å²) in [5.74, 6) is -0.318. The van der Waals surface area contributed by atoms with Crippen molar-refractivity contribution in [1.82, 2.24) is 14.7 Å². The van der Waals surface area contributed by atoms with Gasteiger partial charge in [0.15, 0.2) is 11.5 Å². The molecule has 0 saturated heterocycles. The minimum Gasteiger partial charge on any atom is -0.406 e. The van der Waals surface area contributed by atoms with E-state index in [4.69, 9.17) is 23.2 Å². The first-order chi connectivity index (χ1) is 12.0. The molecule has 0 bridgehead atoms. The molecule has 0 N–H and O–H groups in total. The normalized spacial score (nSPS) is 11.7. The maximum atomic E-state index is 12.4. The average Bonchev–Trinajstić information content (AvgIpc) is 2.78. The zero-order valence-electron chi connectivity index (χ0n) is 13.1. The van der Waals surface area contributed by atoms with E-state index in [1.165, 1.54) is 11.0 Å². The van der Waals surface area contributed by atoms with E-state index in [0.717, 1.165) is 12.1 Å². The molecule has 0 fully saturated rings. The fourth-order valence-electron chi connectivity index (χ4n) is 1.84. The number of benzene rings is 1. The van der Waals surface area contributed by atoms with E-state index < -0.39 is 12.1 Å². The van der Waals surface area contributed by atoms with Crippen molar-refractivity contribution in [3.63, 3.8) is 0 Å². The number of alkyl halides is 3. The fraction of sp³-hybridized carbons (Fsp3) is 0.214. The number of nitriles is 1. The van der Waals surface area contributed by atoms with Crippen LogP contribution in [0.3, 0.4) is 0 Å². The summed E-state index contributed by atoms with van der Waals surface area (Å²) < 4.78 is 42.6. The molecule has 6 nitrogen and oxygen atoms in total. The van der Waals surface area contributed by atoms with Crippen LogP contribution in [0.15, 0.2) is 17.1 Å². The highest BCUT2D eigenvalue weighted by Gasteiger charge is 2.32. The van der Waals surface area contributed by atoms with Crippen molar-refractivity contribution in [3.8, 4) is 17.5 Å². The first-order valence-corrected chi connectivity index (χ1v) is 8.51. The molecule has 0 saturated carbocycles. The molecular formula is C14H9Cl2F3IN5O. The van der Waals surface area contributed by atoms with Crippen LogP contribution in [0.2, 0.25) is 10.0 Å². The lowest BCUT2D eigenvalue weighted by atomic mass is 10.3. The van der Waals surface area contributed by atoms with Gasteiger partial charge in [0.25, 0.3) is 0 Å². The van der Waals surface area contributed by atoms with Gasteiger partial charge in [-0.25, -0.2) is 9.67 Å². The number of aliphatic imine (C=N–C) groups is 1. The molecule has 1 heterocycles. The Hall–Kier alpha value is -1.71. The minimum atomic E-state index is -4.88. The molecule has 0 atom stereocenters. The predicted molar refractivity (Wildman–Crippen MR) is 99.5 cm³/mol. The second kappa shape index (κ2) is 7.89. The summed E-state index contributed by atoms with van der Waals surface area (Å²) in [6.45, 7) is 0. The Morgan fingerprint density at radius 1 is 1.35 bits per heavy atom. The lowest BCUT2D eigenvalue weighted by Gasteiger charge is -2.13. The number of hydrogen-bond acceptors (Lipinski definition) is 4. The van der Waals surface area contributed by atoms with E-state index in [9.17, 15) is 18.4 Å². The van der Waals surface area contributed by atoms with Crippen LogP contribution in [0.5, 0.6) is 5.75 Å². The molecule has 0 aliphatic heterocycles. The standard InChI is InChI=1S/C14H9Cl2F3IN5O/c1-24(2)6-22-13-11(20)10(5-21)23-25(13)12-8(15)3-7(4-9(12)16)26-14(17,18)19/h3-4,6H,1-2H3/b22-6-. The number of rotatable bonds is 4. The van der Waals surface area contributed by atoms with E-state index in [1.807, 2.05) is 28.7 Å². The van der Waals surface area contributed by atoms with Gasteiger partial charge in [-0.05, 0) is 22.6 Å². The molecule has 0 amide bonds. The zero-order valence-corrected chi connectivity index (χ0v) is 16.8. The summed E-state index contributed by atoms with van der Waals surface area (Å²) >= 11 is 14.1. The summed E-state index contributed by atoms with van der Waals surface area (Å²) in [5.41, 5.74) is 0.146. The van der Waals surface area contributed by atoms with Gasteiger partial charge in [0, 0.05) is 26.2 Å². The van der Waals surface area contributed by atoms with Crippen molar-refractivity contribution >= 4 is 57.9 Å². The van der Waals surface area contributed by atoms with Crippen LogP contribution >= 0.6 is 45.8 Å². The van der Waals surface area contributed by atoms with E-state index in [2.05, 4.69) is 14.8 Å². The third kappa shape index (κ3) is 4.72. The minimum absolute atomic E-state index is 0.0688. The molecule has 138 valence electrons. The van der Waals surface area contributed by atoms with Gasteiger partial charge < -0.3 is 9.64 Å². The molecule has 1 aromatic heterocycles. The van der Waals surface area contributed by atoms with Crippen molar-refractivity contribution in [3.05, 3.63) is 31.4 Å². The summed E-state index contributed by atoms with van der Waals surface area (Å²) in [5, 5.41) is 13.0. The highest BCUT2D eigenvalue weighted by Crippen LogP contribution is 2.38. The molecule has 12 heteroatoms. The summed E-state index contributed by atoms with van der Waals surface area (Å²) in [7, 11) is 3.48. The third-order valence-corrected chi connectivity index (χ3v) is 4.33. The molecular weight excluding hydrogens is 509 g/mol.